The summed E-state index contributed by atoms with van der Waals surface area (Å²) in [5.74, 6) is 2.13. The molecule has 0 radical (unpaired) electrons. The minimum atomic E-state index is -4.66. The Balaban J connectivity index is 1.32. The molecule has 1 saturated heterocycles. The fourth-order valence-corrected chi connectivity index (χ4v) is 3.57. The smallest absolute Gasteiger partial charge is 0.406 e. The lowest BCUT2D eigenvalue weighted by molar-refractivity contribution is -0.274. The van der Waals surface area contributed by atoms with Gasteiger partial charge in [0.15, 0.2) is 0 Å². The molecule has 28 heavy (non-hydrogen) atoms. The van der Waals surface area contributed by atoms with Gasteiger partial charge in [-0.1, -0.05) is 12.1 Å². The molecule has 4 rings (SSSR count). The maximum atomic E-state index is 12.3. The van der Waals surface area contributed by atoms with Gasteiger partial charge in [-0.05, 0) is 56.0 Å². The third-order valence-electron chi connectivity index (χ3n) is 5.04. The van der Waals surface area contributed by atoms with Gasteiger partial charge in [-0.25, -0.2) is 9.97 Å². The number of nitrogens with one attached hydrogen (secondary N) is 1. The van der Waals surface area contributed by atoms with E-state index in [0.717, 1.165) is 43.1 Å². The Morgan fingerprint density at radius 1 is 1.11 bits per heavy atom. The van der Waals surface area contributed by atoms with Crippen LogP contribution in [-0.2, 0) is 6.54 Å². The summed E-state index contributed by atoms with van der Waals surface area (Å²) >= 11 is 0. The van der Waals surface area contributed by atoms with E-state index < -0.39 is 6.36 Å². The monoisotopic (exact) mass is 392 g/mol. The number of ether oxygens (including phenoxy) is 1. The first kappa shape index (κ1) is 19.0. The quantitative estimate of drug-likeness (QED) is 0.793. The van der Waals surface area contributed by atoms with Gasteiger partial charge in [-0.2, -0.15) is 0 Å². The number of alkyl halides is 3. The van der Waals surface area contributed by atoms with E-state index >= 15 is 0 Å². The molecule has 1 aliphatic carbocycles. The number of hydrogen-bond donors (Lipinski definition) is 1. The number of hydrogen-bond acceptors (Lipinski definition) is 5. The summed E-state index contributed by atoms with van der Waals surface area (Å²) in [4.78, 5) is 11.3. The Bertz CT molecular complexity index is 793. The predicted molar refractivity (Wildman–Crippen MR) is 99.1 cm³/mol. The molecule has 1 aromatic heterocycles. The minimum absolute atomic E-state index is 0.190. The van der Waals surface area contributed by atoms with Crippen LogP contribution in [0, 0.1) is 0 Å². The predicted octanol–water partition coefficient (Wildman–Crippen LogP) is 4.33. The summed E-state index contributed by atoms with van der Waals surface area (Å²) in [6, 6.07) is 8.30. The van der Waals surface area contributed by atoms with Crippen LogP contribution in [0.2, 0.25) is 0 Å². The highest BCUT2D eigenvalue weighted by atomic mass is 19.4. The van der Waals surface area contributed by atoms with Crippen LogP contribution in [0.4, 0.5) is 19.0 Å². The number of anilines is 1. The lowest BCUT2D eigenvalue weighted by Gasteiger charge is -2.33. The summed E-state index contributed by atoms with van der Waals surface area (Å²) in [6.45, 7) is 2.53. The van der Waals surface area contributed by atoms with Gasteiger partial charge < -0.3 is 10.1 Å². The Morgan fingerprint density at radius 3 is 2.61 bits per heavy atom. The van der Waals surface area contributed by atoms with E-state index in [-0.39, 0.29) is 5.75 Å². The number of likely N-dealkylation sites (tertiary alicyclic amines) is 1. The van der Waals surface area contributed by atoms with Crippen LogP contribution < -0.4 is 10.1 Å². The maximum absolute atomic E-state index is 12.3. The third-order valence-corrected chi connectivity index (χ3v) is 5.04. The molecule has 2 fully saturated rings. The van der Waals surface area contributed by atoms with Crippen molar-refractivity contribution < 1.29 is 17.9 Å². The SMILES string of the molecule is FC(F)(F)Oc1ccc(CN2CCCC(Nc3ccnc(C4CC4)n3)C2)cc1. The van der Waals surface area contributed by atoms with Gasteiger partial charge in [0.25, 0.3) is 0 Å². The van der Waals surface area contributed by atoms with E-state index in [1.807, 2.05) is 12.3 Å². The number of aromatic nitrogens is 2. The second-order valence-corrected chi connectivity index (χ2v) is 7.48. The second-order valence-electron chi connectivity index (χ2n) is 7.48. The molecule has 1 aliphatic heterocycles. The standard InChI is InChI=1S/C20H23F3N4O/c21-20(22,23)28-17-7-3-14(4-8-17)12-27-11-1-2-16(13-27)25-18-9-10-24-19(26-18)15-5-6-15/h3-4,7-10,15-16H,1-2,5-6,11-13H2,(H,24,25,26). The summed E-state index contributed by atoms with van der Waals surface area (Å²) in [7, 11) is 0. The Morgan fingerprint density at radius 2 is 1.89 bits per heavy atom. The van der Waals surface area contributed by atoms with Gasteiger partial charge in [-0.15, -0.1) is 13.2 Å². The first-order valence-corrected chi connectivity index (χ1v) is 9.61. The lowest BCUT2D eigenvalue weighted by atomic mass is 10.0. The van der Waals surface area contributed by atoms with E-state index in [9.17, 15) is 13.2 Å². The van der Waals surface area contributed by atoms with Gasteiger partial charge in [0, 0.05) is 31.2 Å². The summed E-state index contributed by atoms with van der Waals surface area (Å²) < 4.78 is 40.7. The highest BCUT2D eigenvalue weighted by molar-refractivity contribution is 5.35. The van der Waals surface area contributed by atoms with Crippen molar-refractivity contribution in [1.82, 2.24) is 14.9 Å². The second kappa shape index (κ2) is 7.95. The van der Waals surface area contributed by atoms with Crippen molar-refractivity contribution >= 4 is 5.82 Å². The topological polar surface area (TPSA) is 50.3 Å². The summed E-state index contributed by atoms with van der Waals surface area (Å²) in [5.41, 5.74) is 0.966. The maximum Gasteiger partial charge on any atom is 0.573 e. The number of benzene rings is 1. The lowest BCUT2D eigenvalue weighted by Crippen LogP contribution is -2.41. The fraction of sp³-hybridized carbons (Fsp3) is 0.500. The molecule has 2 aliphatic rings. The molecule has 150 valence electrons. The third kappa shape index (κ3) is 5.34. The van der Waals surface area contributed by atoms with Crippen molar-refractivity contribution in [3.63, 3.8) is 0 Å². The molecule has 8 heteroatoms. The van der Waals surface area contributed by atoms with Crippen molar-refractivity contribution in [2.24, 2.45) is 0 Å². The molecular formula is C20H23F3N4O. The van der Waals surface area contributed by atoms with Crippen LogP contribution in [0.15, 0.2) is 36.5 Å². The molecule has 1 atom stereocenters. The average molecular weight is 392 g/mol. The number of nitrogens with zero attached hydrogens (tertiary/aromatic N) is 3. The molecule has 2 aromatic rings. The van der Waals surface area contributed by atoms with Crippen LogP contribution >= 0.6 is 0 Å². The van der Waals surface area contributed by atoms with E-state index in [0.29, 0.717) is 18.5 Å². The molecule has 0 bridgehead atoms. The van der Waals surface area contributed by atoms with Crippen molar-refractivity contribution in [2.45, 2.75) is 50.6 Å². The minimum Gasteiger partial charge on any atom is -0.406 e. The molecule has 2 heterocycles. The van der Waals surface area contributed by atoms with Gasteiger partial charge in [-0.3, -0.25) is 4.90 Å². The molecule has 0 spiro atoms. The zero-order valence-electron chi connectivity index (χ0n) is 15.5. The van der Waals surface area contributed by atoms with Crippen molar-refractivity contribution in [1.29, 1.82) is 0 Å². The van der Waals surface area contributed by atoms with E-state index in [4.69, 9.17) is 0 Å². The number of halogens is 3. The van der Waals surface area contributed by atoms with Crippen LogP contribution in [0.1, 0.15) is 43.0 Å². The van der Waals surface area contributed by atoms with Crippen LogP contribution in [0.25, 0.3) is 0 Å². The number of rotatable bonds is 6. The van der Waals surface area contributed by atoms with Crippen molar-refractivity contribution in [2.75, 3.05) is 18.4 Å². The Hall–Kier alpha value is -2.35. The number of piperidine rings is 1. The highest BCUT2D eigenvalue weighted by Crippen LogP contribution is 2.38. The Kier molecular flexibility index (Phi) is 5.39. The van der Waals surface area contributed by atoms with Gasteiger partial charge in [0.05, 0.1) is 0 Å². The largest absolute Gasteiger partial charge is 0.573 e. The molecular weight excluding hydrogens is 369 g/mol. The highest BCUT2D eigenvalue weighted by Gasteiger charge is 2.31. The molecule has 1 N–H and O–H groups in total. The first-order chi connectivity index (χ1) is 13.4. The van der Waals surface area contributed by atoms with E-state index in [1.54, 1.807) is 12.1 Å². The summed E-state index contributed by atoms with van der Waals surface area (Å²) in [5, 5.41) is 3.52. The fourth-order valence-electron chi connectivity index (χ4n) is 3.57. The zero-order chi connectivity index (χ0) is 19.6. The zero-order valence-corrected chi connectivity index (χ0v) is 15.5. The first-order valence-electron chi connectivity index (χ1n) is 9.61. The van der Waals surface area contributed by atoms with Crippen molar-refractivity contribution in [3.8, 4) is 5.75 Å². The van der Waals surface area contributed by atoms with E-state index in [2.05, 4.69) is 24.9 Å². The molecule has 5 nitrogen and oxygen atoms in total. The van der Waals surface area contributed by atoms with Crippen LogP contribution in [0.5, 0.6) is 5.75 Å². The van der Waals surface area contributed by atoms with E-state index in [1.165, 1.54) is 25.0 Å². The molecule has 1 saturated carbocycles. The van der Waals surface area contributed by atoms with Crippen LogP contribution in [-0.4, -0.2) is 40.4 Å². The van der Waals surface area contributed by atoms with Crippen LogP contribution in [0.3, 0.4) is 0 Å². The molecule has 1 aromatic carbocycles. The normalized spacial score (nSPS) is 20.8. The average Bonchev–Trinajstić information content (AvgIpc) is 3.48. The van der Waals surface area contributed by atoms with Crippen molar-refractivity contribution in [3.05, 3.63) is 47.9 Å². The van der Waals surface area contributed by atoms with Gasteiger partial charge in [0.1, 0.15) is 17.4 Å². The van der Waals surface area contributed by atoms with Gasteiger partial charge >= 0.3 is 6.36 Å². The molecule has 1 unspecified atom stereocenters. The molecule has 0 amide bonds. The Labute approximate surface area is 161 Å². The van der Waals surface area contributed by atoms with Gasteiger partial charge in [0.2, 0.25) is 0 Å². The summed E-state index contributed by atoms with van der Waals surface area (Å²) in [6.07, 6.45) is 1.63.